The SMILES string of the molecule is CC(=O)OC[C@H](C)CCC1([C@@H](C)C2=CC[C@H]3[C@@H]4CC[C@H]5C[C@@H](OC(=O)c6ccccc6)CC[C@]5(C)[C@H]4CC[C@]23C)OCCO1. The normalized spacial score (nSPS) is 37.1. The molecule has 6 heteroatoms. The first-order valence-electron chi connectivity index (χ1n) is 17.4. The van der Waals surface area contributed by atoms with Crippen LogP contribution in [0, 0.1) is 46.3 Å². The third-order valence-electron chi connectivity index (χ3n) is 13.0. The zero-order valence-electron chi connectivity index (χ0n) is 27.6. The molecule has 0 radical (unpaired) electrons. The van der Waals surface area contributed by atoms with Crippen molar-refractivity contribution in [3.8, 4) is 0 Å². The van der Waals surface area contributed by atoms with E-state index in [9.17, 15) is 9.59 Å². The molecule has 4 aliphatic carbocycles. The highest BCUT2D eigenvalue weighted by Gasteiger charge is 2.60. The molecule has 1 aromatic carbocycles. The van der Waals surface area contributed by atoms with Gasteiger partial charge in [-0.05, 0) is 110 Å². The molecular weight excluding hydrogens is 552 g/mol. The Morgan fingerprint density at radius 3 is 2.45 bits per heavy atom. The van der Waals surface area contributed by atoms with Gasteiger partial charge in [0.25, 0.3) is 0 Å². The molecule has 6 nitrogen and oxygen atoms in total. The maximum absolute atomic E-state index is 12.8. The number of ether oxygens (including phenoxy) is 4. The Hall–Kier alpha value is -2.18. The van der Waals surface area contributed by atoms with Crippen molar-refractivity contribution in [1.82, 2.24) is 0 Å². The number of benzene rings is 1. The summed E-state index contributed by atoms with van der Waals surface area (Å²) < 4.78 is 24.3. The molecular formula is C38H54O6. The van der Waals surface area contributed by atoms with Crippen molar-refractivity contribution in [2.24, 2.45) is 46.3 Å². The summed E-state index contributed by atoms with van der Waals surface area (Å²) in [6, 6.07) is 9.44. The standard InChI is InChI=1S/C38H54O6/c1-25(24-41-27(3)39)15-20-38(42-21-22-43-38)26(2)32-13-14-33-31-12-11-29-23-30(44-35(40)28-9-7-6-8-10-28)16-18-36(29,4)34(31)17-19-37(32,33)5/h6-10,13,25-26,29-31,33-34H,11-12,14-24H2,1-5H3/t25-,26+,29+,30+,31+,33+,34+,36+,37-/m1/s1. The first kappa shape index (κ1) is 31.8. The van der Waals surface area contributed by atoms with Crippen LogP contribution in [-0.2, 0) is 23.7 Å². The lowest BCUT2D eigenvalue weighted by Gasteiger charge is -2.61. The lowest BCUT2D eigenvalue weighted by atomic mass is 9.44. The number of allylic oxidation sites excluding steroid dienone is 1. The largest absolute Gasteiger partial charge is 0.466 e. The topological polar surface area (TPSA) is 71.1 Å². The average Bonchev–Trinajstić information content (AvgIpc) is 3.64. The van der Waals surface area contributed by atoms with Crippen LogP contribution in [0.4, 0.5) is 0 Å². The highest BCUT2D eigenvalue weighted by Crippen LogP contribution is 2.67. The fourth-order valence-corrected chi connectivity index (χ4v) is 10.5. The van der Waals surface area contributed by atoms with Crippen LogP contribution < -0.4 is 0 Å². The predicted octanol–water partition coefficient (Wildman–Crippen LogP) is 8.15. The molecule has 5 aliphatic rings. The zero-order valence-corrected chi connectivity index (χ0v) is 27.6. The lowest BCUT2D eigenvalue weighted by molar-refractivity contribution is -0.195. The van der Waals surface area contributed by atoms with Gasteiger partial charge in [0.2, 0.25) is 0 Å². The van der Waals surface area contributed by atoms with Gasteiger partial charge in [-0.25, -0.2) is 4.79 Å². The molecule has 0 amide bonds. The van der Waals surface area contributed by atoms with Crippen molar-refractivity contribution < 1.29 is 28.5 Å². The van der Waals surface area contributed by atoms with Crippen LogP contribution in [0.5, 0.6) is 0 Å². The minimum Gasteiger partial charge on any atom is -0.466 e. The third kappa shape index (κ3) is 5.79. The Bertz CT molecular complexity index is 1220. The highest BCUT2D eigenvalue weighted by molar-refractivity contribution is 5.89. The second-order valence-corrected chi connectivity index (χ2v) is 15.4. The molecule has 1 aromatic rings. The van der Waals surface area contributed by atoms with Gasteiger partial charge in [0, 0.05) is 19.3 Å². The van der Waals surface area contributed by atoms with Crippen LogP contribution in [0.2, 0.25) is 0 Å². The van der Waals surface area contributed by atoms with E-state index in [2.05, 4.69) is 33.8 Å². The van der Waals surface area contributed by atoms with E-state index < -0.39 is 5.79 Å². The molecule has 242 valence electrons. The van der Waals surface area contributed by atoms with E-state index in [1.165, 1.54) is 32.6 Å². The third-order valence-corrected chi connectivity index (χ3v) is 13.0. The van der Waals surface area contributed by atoms with Gasteiger partial charge in [0.1, 0.15) is 6.10 Å². The fraction of sp³-hybridized carbons (Fsp3) is 0.737. The van der Waals surface area contributed by atoms with Gasteiger partial charge >= 0.3 is 11.9 Å². The van der Waals surface area contributed by atoms with Gasteiger partial charge < -0.3 is 18.9 Å². The predicted molar refractivity (Wildman–Crippen MR) is 170 cm³/mol. The van der Waals surface area contributed by atoms with Crippen LogP contribution in [0.15, 0.2) is 42.0 Å². The lowest BCUT2D eigenvalue weighted by Crippen LogP contribution is -2.54. The maximum Gasteiger partial charge on any atom is 0.338 e. The molecule has 9 atom stereocenters. The van der Waals surface area contributed by atoms with Crippen molar-refractivity contribution in [2.45, 2.75) is 111 Å². The van der Waals surface area contributed by atoms with E-state index in [1.54, 1.807) is 5.57 Å². The summed E-state index contributed by atoms with van der Waals surface area (Å²) in [4.78, 5) is 24.1. The van der Waals surface area contributed by atoms with Gasteiger partial charge in [0.15, 0.2) is 5.79 Å². The van der Waals surface area contributed by atoms with Crippen molar-refractivity contribution >= 4 is 11.9 Å². The molecule has 0 aromatic heterocycles. The molecule has 44 heavy (non-hydrogen) atoms. The molecule has 4 fully saturated rings. The number of hydrogen-bond donors (Lipinski definition) is 0. The van der Waals surface area contributed by atoms with Crippen LogP contribution in [0.3, 0.4) is 0 Å². The Morgan fingerprint density at radius 1 is 0.977 bits per heavy atom. The first-order valence-corrected chi connectivity index (χ1v) is 17.4. The summed E-state index contributed by atoms with van der Waals surface area (Å²) in [7, 11) is 0. The van der Waals surface area contributed by atoms with Gasteiger partial charge in [-0.1, -0.05) is 57.5 Å². The molecule has 0 bridgehead atoms. The molecule has 0 spiro atoms. The Balaban J connectivity index is 1.11. The van der Waals surface area contributed by atoms with Crippen molar-refractivity contribution in [1.29, 1.82) is 0 Å². The van der Waals surface area contributed by atoms with Crippen LogP contribution in [0.25, 0.3) is 0 Å². The van der Waals surface area contributed by atoms with E-state index in [0.717, 1.165) is 50.4 Å². The Morgan fingerprint density at radius 2 is 1.73 bits per heavy atom. The Labute approximate surface area is 264 Å². The summed E-state index contributed by atoms with van der Waals surface area (Å²) in [5, 5.41) is 0. The average molecular weight is 607 g/mol. The molecule has 0 unspecified atom stereocenters. The first-order chi connectivity index (χ1) is 21.1. The fourth-order valence-electron chi connectivity index (χ4n) is 10.5. The van der Waals surface area contributed by atoms with Gasteiger partial charge in [0.05, 0.1) is 25.4 Å². The summed E-state index contributed by atoms with van der Waals surface area (Å²) in [5.74, 6) is 2.25. The zero-order chi connectivity index (χ0) is 31.1. The number of rotatable bonds is 9. The maximum atomic E-state index is 12.8. The van der Waals surface area contributed by atoms with E-state index in [1.807, 2.05) is 30.3 Å². The second-order valence-electron chi connectivity index (χ2n) is 15.4. The molecule has 0 N–H and O–H groups in total. The van der Waals surface area contributed by atoms with Gasteiger partial charge in [-0.3, -0.25) is 4.79 Å². The highest BCUT2D eigenvalue weighted by atomic mass is 16.7. The van der Waals surface area contributed by atoms with Crippen LogP contribution in [-0.4, -0.2) is 43.7 Å². The van der Waals surface area contributed by atoms with E-state index in [4.69, 9.17) is 18.9 Å². The minimum atomic E-state index is -0.593. The minimum absolute atomic E-state index is 0.0335. The quantitative estimate of drug-likeness (QED) is 0.209. The van der Waals surface area contributed by atoms with Gasteiger partial charge in [-0.2, -0.15) is 0 Å². The van der Waals surface area contributed by atoms with E-state index in [-0.39, 0.29) is 35.3 Å². The number of fused-ring (bicyclic) bond motifs is 5. The summed E-state index contributed by atoms with van der Waals surface area (Å²) in [6.45, 7) is 12.8. The summed E-state index contributed by atoms with van der Waals surface area (Å²) in [6.07, 6.45) is 13.6. The second kappa shape index (κ2) is 12.5. The summed E-state index contributed by atoms with van der Waals surface area (Å²) >= 11 is 0. The molecule has 1 heterocycles. The van der Waals surface area contributed by atoms with Crippen LogP contribution >= 0.6 is 0 Å². The van der Waals surface area contributed by atoms with E-state index in [0.29, 0.717) is 42.6 Å². The van der Waals surface area contributed by atoms with Crippen LogP contribution in [0.1, 0.15) is 109 Å². The number of carbonyl (C=O) groups excluding carboxylic acids is 2. The monoisotopic (exact) mass is 606 g/mol. The van der Waals surface area contributed by atoms with E-state index >= 15 is 0 Å². The van der Waals surface area contributed by atoms with Crippen molar-refractivity contribution in [3.63, 3.8) is 0 Å². The number of hydrogen-bond acceptors (Lipinski definition) is 6. The molecule has 1 saturated heterocycles. The van der Waals surface area contributed by atoms with Gasteiger partial charge in [-0.15, -0.1) is 0 Å². The van der Waals surface area contributed by atoms with Crippen molar-refractivity contribution in [3.05, 3.63) is 47.5 Å². The Kier molecular flexibility index (Phi) is 9.07. The number of carbonyl (C=O) groups is 2. The smallest absolute Gasteiger partial charge is 0.338 e. The molecule has 1 aliphatic heterocycles. The number of esters is 2. The molecule has 6 rings (SSSR count). The molecule has 3 saturated carbocycles. The van der Waals surface area contributed by atoms with Crippen molar-refractivity contribution in [2.75, 3.05) is 19.8 Å². The summed E-state index contributed by atoms with van der Waals surface area (Å²) in [5.41, 5.74) is 2.71.